The number of hydrogen-bond acceptors (Lipinski definition) is 3. The number of hydrogen-bond donors (Lipinski definition) is 0. The standard InChI is InChI=1S/C20H22BrIN2O/c1-3-24-12-11-23-20(24)17-5-4-6-18(22)16(17)9-7-14-13-15(21)8-10-19(14)25-2/h4-6,8,10,13H,3,7,9,11-12H2,1-2H3. The van der Waals surface area contributed by atoms with Crippen molar-refractivity contribution in [2.45, 2.75) is 19.8 Å². The van der Waals surface area contributed by atoms with Crippen LogP contribution >= 0.6 is 38.5 Å². The molecule has 0 saturated heterocycles. The second-order valence-electron chi connectivity index (χ2n) is 6.01. The molecule has 0 aromatic heterocycles. The van der Waals surface area contributed by atoms with E-state index >= 15 is 0 Å². The number of rotatable bonds is 6. The van der Waals surface area contributed by atoms with Crippen LogP contribution in [0.4, 0.5) is 0 Å². The topological polar surface area (TPSA) is 24.8 Å². The van der Waals surface area contributed by atoms with Gasteiger partial charge in [0.25, 0.3) is 0 Å². The van der Waals surface area contributed by atoms with Gasteiger partial charge in [-0.1, -0.05) is 28.1 Å². The molecule has 0 amide bonds. The molecule has 0 radical (unpaired) electrons. The Labute approximate surface area is 171 Å². The number of likely N-dealkylation sites (N-methyl/N-ethyl adjacent to an activating group) is 1. The smallest absolute Gasteiger partial charge is 0.131 e. The van der Waals surface area contributed by atoms with Crippen LogP contribution in [-0.2, 0) is 12.8 Å². The molecule has 0 spiro atoms. The zero-order valence-corrected chi connectivity index (χ0v) is 18.3. The highest BCUT2D eigenvalue weighted by Gasteiger charge is 2.21. The highest BCUT2D eigenvalue weighted by molar-refractivity contribution is 14.1. The van der Waals surface area contributed by atoms with Crippen molar-refractivity contribution >= 4 is 44.4 Å². The second kappa shape index (κ2) is 8.54. The molecule has 0 bridgehead atoms. The Hall–Kier alpha value is -1.08. The lowest BCUT2D eigenvalue weighted by Crippen LogP contribution is -2.29. The predicted octanol–water partition coefficient (Wildman–Crippen LogP) is 4.93. The van der Waals surface area contributed by atoms with Gasteiger partial charge in [-0.15, -0.1) is 0 Å². The Morgan fingerprint density at radius 3 is 2.84 bits per heavy atom. The van der Waals surface area contributed by atoms with Crippen molar-refractivity contribution < 1.29 is 4.74 Å². The van der Waals surface area contributed by atoms with Crippen molar-refractivity contribution in [2.24, 2.45) is 4.99 Å². The fraction of sp³-hybridized carbons (Fsp3) is 0.350. The molecule has 25 heavy (non-hydrogen) atoms. The molecular formula is C20H22BrIN2O. The predicted molar refractivity (Wildman–Crippen MR) is 116 cm³/mol. The van der Waals surface area contributed by atoms with E-state index in [4.69, 9.17) is 9.73 Å². The first-order valence-corrected chi connectivity index (χ1v) is 10.4. The van der Waals surface area contributed by atoms with Crippen molar-refractivity contribution in [3.05, 3.63) is 61.1 Å². The lowest BCUT2D eigenvalue weighted by atomic mass is 9.98. The summed E-state index contributed by atoms with van der Waals surface area (Å²) in [7, 11) is 1.73. The Morgan fingerprint density at radius 1 is 1.24 bits per heavy atom. The summed E-state index contributed by atoms with van der Waals surface area (Å²) in [5, 5.41) is 0. The average molecular weight is 513 g/mol. The first-order valence-electron chi connectivity index (χ1n) is 8.53. The molecule has 3 nitrogen and oxygen atoms in total. The molecule has 2 aromatic rings. The van der Waals surface area contributed by atoms with Gasteiger partial charge in [0.1, 0.15) is 11.6 Å². The minimum absolute atomic E-state index is 0.896. The van der Waals surface area contributed by atoms with E-state index in [1.807, 2.05) is 12.1 Å². The van der Waals surface area contributed by atoms with E-state index in [9.17, 15) is 0 Å². The number of amidine groups is 1. The normalized spacial score (nSPS) is 13.9. The lowest BCUT2D eigenvalue weighted by molar-refractivity contribution is 0.409. The maximum atomic E-state index is 5.53. The number of halogens is 2. The minimum Gasteiger partial charge on any atom is -0.496 e. The molecule has 0 fully saturated rings. The van der Waals surface area contributed by atoms with Gasteiger partial charge in [-0.25, -0.2) is 0 Å². The van der Waals surface area contributed by atoms with E-state index < -0.39 is 0 Å². The molecular weight excluding hydrogens is 491 g/mol. The molecule has 2 aromatic carbocycles. The third kappa shape index (κ3) is 4.19. The summed E-state index contributed by atoms with van der Waals surface area (Å²) in [6, 6.07) is 12.7. The molecule has 3 rings (SSSR count). The molecule has 0 atom stereocenters. The average Bonchev–Trinajstić information content (AvgIpc) is 3.09. The van der Waals surface area contributed by atoms with Crippen molar-refractivity contribution in [1.82, 2.24) is 4.90 Å². The summed E-state index contributed by atoms with van der Waals surface area (Å²) in [6.07, 6.45) is 1.91. The van der Waals surface area contributed by atoms with Crippen LogP contribution in [0.2, 0.25) is 0 Å². The third-order valence-corrected chi connectivity index (χ3v) is 6.06. The van der Waals surface area contributed by atoms with Crippen LogP contribution < -0.4 is 4.74 Å². The van der Waals surface area contributed by atoms with Gasteiger partial charge in [-0.05, 0) is 77.7 Å². The van der Waals surface area contributed by atoms with Crippen LogP contribution in [-0.4, -0.2) is 37.5 Å². The number of ether oxygens (including phenoxy) is 1. The van der Waals surface area contributed by atoms with Gasteiger partial charge < -0.3 is 9.64 Å². The fourth-order valence-corrected chi connectivity index (χ4v) is 4.45. The number of benzene rings is 2. The highest BCUT2D eigenvalue weighted by Crippen LogP contribution is 2.27. The van der Waals surface area contributed by atoms with E-state index in [1.165, 1.54) is 20.3 Å². The summed E-state index contributed by atoms with van der Waals surface area (Å²) in [6.45, 7) is 5.12. The van der Waals surface area contributed by atoms with Crippen molar-refractivity contribution in [3.8, 4) is 5.75 Å². The summed E-state index contributed by atoms with van der Waals surface area (Å²) in [5.41, 5.74) is 3.88. The molecule has 0 aliphatic carbocycles. The van der Waals surface area contributed by atoms with Crippen LogP contribution in [0.15, 0.2) is 45.9 Å². The van der Waals surface area contributed by atoms with E-state index in [2.05, 4.69) is 74.6 Å². The summed E-state index contributed by atoms with van der Waals surface area (Å²) in [4.78, 5) is 7.14. The van der Waals surface area contributed by atoms with Crippen LogP contribution in [0.5, 0.6) is 5.75 Å². The van der Waals surface area contributed by atoms with Gasteiger partial charge in [0.2, 0.25) is 0 Å². The summed E-state index contributed by atoms with van der Waals surface area (Å²) >= 11 is 6.01. The Bertz CT molecular complexity index is 791. The fourth-order valence-electron chi connectivity index (χ4n) is 3.27. The van der Waals surface area contributed by atoms with Gasteiger partial charge >= 0.3 is 0 Å². The van der Waals surface area contributed by atoms with E-state index in [0.29, 0.717) is 0 Å². The number of methoxy groups -OCH3 is 1. The van der Waals surface area contributed by atoms with E-state index in [-0.39, 0.29) is 0 Å². The second-order valence-corrected chi connectivity index (χ2v) is 8.08. The SMILES string of the molecule is CCN1CCN=C1c1cccc(I)c1CCc1cc(Br)ccc1OC. The maximum Gasteiger partial charge on any atom is 0.131 e. The van der Waals surface area contributed by atoms with Crippen molar-refractivity contribution in [2.75, 3.05) is 26.7 Å². The van der Waals surface area contributed by atoms with Gasteiger partial charge in [0.05, 0.1) is 13.7 Å². The first-order chi connectivity index (χ1) is 12.1. The van der Waals surface area contributed by atoms with Crippen LogP contribution in [0.25, 0.3) is 0 Å². The Morgan fingerprint density at radius 2 is 2.08 bits per heavy atom. The van der Waals surface area contributed by atoms with Gasteiger partial charge in [0.15, 0.2) is 0 Å². The minimum atomic E-state index is 0.896. The maximum absolute atomic E-state index is 5.53. The molecule has 0 unspecified atom stereocenters. The zero-order chi connectivity index (χ0) is 17.8. The van der Waals surface area contributed by atoms with Crippen LogP contribution in [0.3, 0.4) is 0 Å². The van der Waals surface area contributed by atoms with Crippen molar-refractivity contribution in [3.63, 3.8) is 0 Å². The molecule has 0 N–H and O–H groups in total. The summed E-state index contributed by atoms with van der Waals surface area (Å²) < 4.78 is 7.92. The summed E-state index contributed by atoms with van der Waals surface area (Å²) in [5.74, 6) is 2.10. The number of nitrogens with zero attached hydrogens (tertiary/aromatic N) is 2. The molecule has 1 aliphatic rings. The van der Waals surface area contributed by atoms with E-state index in [1.54, 1.807) is 7.11 Å². The quantitative estimate of drug-likeness (QED) is 0.513. The Kier molecular flexibility index (Phi) is 6.39. The van der Waals surface area contributed by atoms with Gasteiger partial charge in [-0.3, -0.25) is 4.99 Å². The van der Waals surface area contributed by atoms with Crippen LogP contribution in [0, 0.1) is 3.57 Å². The van der Waals surface area contributed by atoms with Gasteiger partial charge in [0, 0.05) is 26.7 Å². The first kappa shape index (κ1) is 18.7. The highest BCUT2D eigenvalue weighted by atomic mass is 127. The molecule has 132 valence electrons. The van der Waals surface area contributed by atoms with Crippen molar-refractivity contribution in [1.29, 1.82) is 0 Å². The largest absolute Gasteiger partial charge is 0.496 e. The molecule has 5 heteroatoms. The van der Waals surface area contributed by atoms with E-state index in [0.717, 1.165) is 48.5 Å². The van der Waals surface area contributed by atoms with Crippen LogP contribution in [0.1, 0.15) is 23.6 Å². The Balaban J connectivity index is 1.90. The molecule has 1 aliphatic heterocycles. The lowest BCUT2D eigenvalue weighted by Gasteiger charge is -2.21. The number of aryl methyl sites for hydroxylation is 1. The molecule has 0 saturated carbocycles. The van der Waals surface area contributed by atoms with Gasteiger partial charge in [-0.2, -0.15) is 0 Å². The zero-order valence-electron chi connectivity index (χ0n) is 14.6. The monoisotopic (exact) mass is 512 g/mol. The molecule has 1 heterocycles. The number of aliphatic imine (C=N–C) groups is 1. The third-order valence-electron chi connectivity index (χ3n) is 4.56.